The van der Waals surface area contributed by atoms with Gasteiger partial charge in [-0.3, -0.25) is 0 Å². The number of rotatable bonds is 2. The molecule has 4 nitrogen and oxygen atoms in total. The number of sulfonamides is 1. The van der Waals surface area contributed by atoms with E-state index in [4.69, 9.17) is 17.3 Å². The molecule has 1 aromatic carbocycles. The van der Waals surface area contributed by atoms with Crippen LogP contribution in [-0.2, 0) is 10.0 Å². The number of anilines is 1. The van der Waals surface area contributed by atoms with Gasteiger partial charge in [0.1, 0.15) is 4.90 Å². The smallest absolute Gasteiger partial charge is 0.246 e. The van der Waals surface area contributed by atoms with Gasteiger partial charge in [-0.25, -0.2) is 12.8 Å². The summed E-state index contributed by atoms with van der Waals surface area (Å²) in [5.74, 6) is -0.939. The third-order valence-corrected chi connectivity index (χ3v) is 5.88. The number of nitrogen functional groups attached to an aromatic ring is 1. The average molecular weight is 321 g/mol. The topological polar surface area (TPSA) is 63.4 Å². The summed E-state index contributed by atoms with van der Waals surface area (Å²) in [7, 11) is -3.89. The normalized spacial score (nSPS) is 20.0. The van der Waals surface area contributed by atoms with E-state index in [2.05, 4.69) is 13.8 Å². The molecular weight excluding hydrogens is 303 g/mol. The summed E-state index contributed by atoms with van der Waals surface area (Å²) < 4.78 is 40.3. The molecule has 0 aliphatic carbocycles. The van der Waals surface area contributed by atoms with Crippen LogP contribution in [0.25, 0.3) is 0 Å². The van der Waals surface area contributed by atoms with E-state index < -0.39 is 20.7 Å². The lowest BCUT2D eigenvalue weighted by Crippen LogP contribution is -2.41. The molecule has 0 unspecified atom stereocenters. The van der Waals surface area contributed by atoms with Gasteiger partial charge in [0.05, 0.1) is 5.02 Å². The van der Waals surface area contributed by atoms with Gasteiger partial charge in [-0.15, -0.1) is 0 Å². The summed E-state index contributed by atoms with van der Waals surface area (Å²) >= 11 is 5.67. The quantitative estimate of drug-likeness (QED) is 0.852. The number of hydrogen-bond acceptors (Lipinski definition) is 3. The molecule has 1 saturated heterocycles. The number of piperidine rings is 1. The van der Waals surface area contributed by atoms with Crippen LogP contribution in [0.2, 0.25) is 5.02 Å². The molecule has 2 rings (SSSR count). The number of benzene rings is 1. The summed E-state index contributed by atoms with van der Waals surface area (Å²) in [6, 6.07) is 2.32. The molecule has 7 heteroatoms. The standard InChI is InChI=1S/C13H18ClFN2O2S/c1-13(2)3-5-17(6-4-13)20(18,19)11-8-9(16)7-10(14)12(11)15/h7-8H,3-6,16H2,1-2H3. The third-order valence-electron chi connectivity index (χ3n) is 3.71. The van der Waals surface area contributed by atoms with Crippen molar-refractivity contribution < 1.29 is 12.8 Å². The van der Waals surface area contributed by atoms with Gasteiger partial charge in [0.25, 0.3) is 0 Å². The van der Waals surface area contributed by atoms with Gasteiger partial charge in [-0.2, -0.15) is 4.31 Å². The van der Waals surface area contributed by atoms with Crippen LogP contribution < -0.4 is 5.73 Å². The highest BCUT2D eigenvalue weighted by molar-refractivity contribution is 7.89. The Morgan fingerprint density at radius 3 is 2.40 bits per heavy atom. The average Bonchev–Trinajstić information content (AvgIpc) is 2.33. The van der Waals surface area contributed by atoms with Crippen LogP contribution in [-0.4, -0.2) is 25.8 Å². The van der Waals surface area contributed by atoms with Crippen LogP contribution in [0.3, 0.4) is 0 Å². The molecule has 1 aliphatic rings. The lowest BCUT2D eigenvalue weighted by molar-refractivity contribution is 0.195. The van der Waals surface area contributed by atoms with Crippen LogP contribution >= 0.6 is 11.6 Å². The van der Waals surface area contributed by atoms with E-state index in [-0.39, 0.29) is 16.1 Å². The van der Waals surface area contributed by atoms with Gasteiger partial charge < -0.3 is 5.73 Å². The summed E-state index contributed by atoms with van der Waals surface area (Å²) in [5.41, 5.74) is 5.80. The molecule has 112 valence electrons. The van der Waals surface area contributed by atoms with Gasteiger partial charge in [0.2, 0.25) is 10.0 Å². The lowest BCUT2D eigenvalue weighted by atomic mass is 9.83. The first-order valence-electron chi connectivity index (χ1n) is 6.38. The zero-order valence-electron chi connectivity index (χ0n) is 11.5. The van der Waals surface area contributed by atoms with Crippen LogP contribution in [0.15, 0.2) is 17.0 Å². The van der Waals surface area contributed by atoms with E-state index in [0.717, 1.165) is 18.9 Å². The molecule has 2 N–H and O–H groups in total. The first-order valence-corrected chi connectivity index (χ1v) is 8.20. The van der Waals surface area contributed by atoms with Crippen molar-refractivity contribution in [2.45, 2.75) is 31.6 Å². The second kappa shape index (κ2) is 5.16. The van der Waals surface area contributed by atoms with E-state index in [1.54, 1.807) is 0 Å². The highest BCUT2D eigenvalue weighted by Gasteiger charge is 2.34. The van der Waals surface area contributed by atoms with Crippen molar-refractivity contribution in [3.8, 4) is 0 Å². The highest BCUT2D eigenvalue weighted by Crippen LogP contribution is 2.34. The van der Waals surface area contributed by atoms with E-state index in [9.17, 15) is 12.8 Å². The number of nitrogens with two attached hydrogens (primary N) is 1. The van der Waals surface area contributed by atoms with Crippen molar-refractivity contribution in [3.63, 3.8) is 0 Å². The molecule has 0 saturated carbocycles. The van der Waals surface area contributed by atoms with Crippen LogP contribution in [0.5, 0.6) is 0 Å². The van der Waals surface area contributed by atoms with Crippen LogP contribution in [0.4, 0.5) is 10.1 Å². The van der Waals surface area contributed by atoms with Gasteiger partial charge in [0, 0.05) is 18.8 Å². The monoisotopic (exact) mass is 320 g/mol. The van der Waals surface area contributed by atoms with Crippen molar-refractivity contribution in [1.82, 2.24) is 4.31 Å². The van der Waals surface area contributed by atoms with Crippen molar-refractivity contribution >= 4 is 27.3 Å². The molecular formula is C13H18ClFN2O2S. The highest BCUT2D eigenvalue weighted by atomic mass is 35.5. The Bertz CT molecular complexity index is 622. The van der Waals surface area contributed by atoms with Crippen LogP contribution in [0.1, 0.15) is 26.7 Å². The van der Waals surface area contributed by atoms with Crippen molar-refractivity contribution in [2.75, 3.05) is 18.8 Å². The zero-order valence-corrected chi connectivity index (χ0v) is 13.1. The fourth-order valence-electron chi connectivity index (χ4n) is 2.24. The van der Waals surface area contributed by atoms with Crippen LogP contribution in [0, 0.1) is 11.2 Å². The molecule has 1 heterocycles. The van der Waals surface area contributed by atoms with Gasteiger partial charge in [-0.1, -0.05) is 25.4 Å². The minimum absolute atomic E-state index is 0.109. The molecule has 0 amide bonds. The summed E-state index contributed by atoms with van der Waals surface area (Å²) in [6.45, 7) is 4.94. The predicted molar refractivity (Wildman–Crippen MR) is 77.6 cm³/mol. The Hall–Kier alpha value is -0.850. The maximum absolute atomic E-state index is 14.0. The minimum Gasteiger partial charge on any atom is -0.399 e. The maximum Gasteiger partial charge on any atom is 0.246 e. The molecule has 20 heavy (non-hydrogen) atoms. The molecule has 0 radical (unpaired) electrons. The summed E-state index contributed by atoms with van der Waals surface area (Å²) in [4.78, 5) is -0.442. The van der Waals surface area contributed by atoms with E-state index in [0.29, 0.717) is 13.1 Å². The Kier molecular flexibility index (Phi) is 4.01. The second-order valence-electron chi connectivity index (χ2n) is 5.88. The molecule has 1 fully saturated rings. The van der Waals surface area contributed by atoms with E-state index in [1.807, 2.05) is 0 Å². The largest absolute Gasteiger partial charge is 0.399 e. The van der Waals surface area contributed by atoms with Gasteiger partial charge in [0.15, 0.2) is 5.82 Å². The Balaban J connectivity index is 2.37. The van der Waals surface area contributed by atoms with Crippen molar-refractivity contribution in [1.29, 1.82) is 0 Å². The number of hydrogen-bond donors (Lipinski definition) is 1. The Morgan fingerprint density at radius 2 is 1.85 bits per heavy atom. The third kappa shape index (κ3) is 2.92. The van der Waals surface area contributed by atoms with E-state index in [1.165, 1.54) is 10.4 Å². The first kappa shape index (κ1) is 15.5. The Morgan fingerprint density at radius 1 is 1.30 bits per heavy atom. The zero-order chi connectivity index (χ0) is 15.1. The molecule has 1 aliphatic heterocycles. The van der Waals surface area contributed by atoms with Crippen molar-refractivity contribution in [3.05, 3.63) is 23.0 Å². The molecule has 0 spiro atoms. The maximum atomic E-state index is 14.0. The van der Waals surface area contributed by atoms with Gasteiger partial charge >= 0.3 is 0 Å². The fraction of sp³-hybridized carbons (Fsp3) is 0.538. The molecule has 1 aromatic rings. The lowest BCUT2D eigenvalue weighted by Gasteiger charge is -2.36. The Labute approximate surface area is 123 Å². The molecule has 0 bridgehead atoms. The molecule has 0 aromatic heterocycles. The first-order chi connectivity index (χ1) is 9.13. The predicted octanol–water partition coefficient (Wildman–Crippen LogP) is 2.87. The fourth-order valence-corrected chi connectivity index (χ4v) is 4.09. The SMILES string of the molecule is CC1(C)CCN(S(=O)(=O)c2cc(N)cc(Cl)c2F)CC1. The van der Waals surface area contributed by atoms with E-state index >= 15 is 0 Å². The van der Waals surface area contributed by atoms with Crippen molar-refractivity contribution in [2.24, 2.45) is 5.41 Å². The molecule has 0 atom stereocenters. The number of halogens is 2. The van der Waals surface area contributed by atoms with Gasteiger partial charge in [-0.05, 0) is 30.4 Å². The minimum atomic E-state index is -3.89. The summed E-state index contributed by atoms with van der Waals surface area (Å²) in [5, 5.41) is -0.277. The second-order valence-corrected chi connectivity index (χ2v) is 8.20. The number of nitrogens with zero attached hydrogens (tertiary/aromatic N) is 1. The summed E-state index contributed by atoms with van der Waals surface area (Å²) in [6.07, 6.45) is 1.48.